The SMILES string of the molecule is CC1CC(CO)C(C)O1. The first-order valence-electron chi connectivity index (χ1n) is 3.50. The maximum absolute atomic E-state index is 8.77. The minimum absolute atomic E-state index is 0.255. The molecule has 0 aromatic carbocycles. The van der Waals surface area contributed by atoms with Crippen molar-refractivity contribution in [3.8, 4) is 0 Å². The van der Waals surface area contributed by atoms with E-state index in [9.17, 15) is 0 Å². The highest BCUT2D eigenvalue weighted by atomic mass is 16.5. The maximum Gasteiger partial charge on any atom is 0.0601 e. The van der Waals surface area contributed by atoms with Crippen molar-refractivity contribution >= 4 is 0 Å². The Morgan fingerprint density at radius 1 is 1.56 bits per heavy atom. The van der Waals surface area contributed by atoms with Gasteiger partial charge in [0.15, 0.2) is 0 Å². The zero-order valence-corrected chi connectivity index (χ0v) is 6.00. The Balaban J connectivity index is 2.38. The van der Waals surface area contributed by atoms with Gasteiger partial charge in [0.25, 0.3) is 0 Å². The van der Waals surface area contributed by atoms with Crippen LogP contribution in [0.1, 0.15) is 20.3 Å². The van der Waals surface area contributed by atoms with Crippen molar-refractivity contribution in [1.29, 1.82) is 0 Å². The van der Waals surface area contributed by atoms with E-state index in [1.807, 2.05) is 13.8 Å². The third-order valence-corrected chi connectivity index (χ3v) is 1.98. The minimum atomic E-state index is 0.255. The van der Waals surface area contributed by atoms with Gasteiger partial charge in [0, 0.05) is 12.5 Å². The predicted molar refractivity (Wildman–Crippen MR) is 35.2 cm³/mol. The summed E-state index contributed by atoms with van der Waals surface area (Å²) in [5, 5.41) is 8.77. The number of hydrogen-bond donors (Lipinski definition) is 1. The highest BCUT2D eigenvalue weighted by Crippen LogP contribution is 2.24. The van der Waals surface area contributed by atoms with Crippen LogP contribution in [0, 0.1) is 5.92 Å². The first kappa shape index (κ1) is 7.03. The molecule has 0 aliphatic carbocycles. The van der Waals surface area contributed by atoms with E-state index in [0.29, 0.717) is 12.0 Å². The van der Waals surface area contributed by atoms with E-state index < -0.39 is 0 Å². The predicted octanol–water partition coefficient (Wildman–Crippen LogP) is 0.792. The summed E-state index contributed by atoms with van der Waals surface area (Å²) in [7, 11) is 0. The number of aliphatic hydroxyl groups is 1. The highest BCUT2D eigenvalue weighted by molar-refractivity contribution is 4.76. The molecule has 1 aliphatic rings. The first-order valence-corrected chi connectivity index (χ1v) is 3.50. The van der Waals surface area contributed by atoms with Gasteiger partial charge in [0.1, 0.15) is 0 Å². The topological polar surface area (TPSA) is 29.5 Å². The molecule has 0 amide bonds. The summed E-state index contributed by atoms with van der Waals surface area (Å²) in [6.45, 7) is 4.34. The van der Waals surface area contributed by atoms with E-state index in [1.165, 1.54) is 0 Å². The lowest BCUT2D eigenvalue weighted by molar-refractivity contribution is 0.0471. The molecule has 0 aromatic rings. The second-order valence-corrected chi connectivity index (χ2v) is 2.83. The molecule has 0 radical (unpaired) electrons. The summed E-state index contributed by atoms with van der Waals surface area (Å²) in [6.07, 6.45) is 1.61. The molecule has 1 saturated heterocycles. The molecule has 3 unspecified atom stereocenters. The lowest BCUT2D eigenvalue weighted by Gasteiger charge is -2.08. The zero-order chi connectivity index (χ0) is 6.85. The van der Waals surface area contributed by atoms with Crippen molar-refractivity contribution in [2.75, 3.05) is 6.61 Å². The molecule has 54 valence electrons. The molecule has 2 heteroatoms. The van der Waals surface area contributed by atoms with Gasteiger partial charge in [0.2, 0.25) is 0 Å². The fourth-order valence-electron chi connectivity index (χ4n) is 1.37. The fraction of sp³-hybridized carbons (Fsp3) is 1.00. The summed E-state index contributed by atoms with van der Waals surface area (Å²) in [4.78, 5) is 0. The number of hydrogen-bond acceptors (Lipinski definition) is 2. The van der Waals surface area contributed by atoms with Crippen LogP contribution in [0.5, 0.6) is 0 Å². The van der Waals surface area contributed by atoms with Crippen LogP contribution in [-0.4, -0.2) is 23.9 Å². The van der Waals surface area contributed by atoms with Crippen LogP contribution in [0.3, 0.4) is 0 Å². The third-order valence-electron chi connectivity index (χ3n) is 1.98. The number of rotatable bonds is 1. The second kappa shape index (κ2) is 2.67. The summed E-state index contributed by atoms with van der Waals surface area (Å²) in [6, 6.07) is 0. The largest absolute Gasteiger partial charge is 0.396 e. The van der Waals surface area contributed by atoms with Gasteiger partial charge in [-0.2, -0.15) is 0 Å². The minimum Gasteiger partial charge on any atom is -0.396 e. The third kappa shape index (κ3) is 1.43. The smallest absolute Gasteiger partial charge is 0.0601 e. The highest BCUT2D eigenvalue weighted by Gasteiger charge is 2.28. The Morgan fingerprint density at radius 2 is 2.22 bits per heavy atom. The van der Waals surface area contributed by atoms with Gasteiger partial charge in [-0.25, -0.2) is 0 Å². The molecule has 3 atom stereocenters. The molecule has 9 heavy (non-hydrogen) atoms. The van der Waals surface area contributed by atoms with Crippen molar-refractivity contribution < 1.29 is 9.84 Å². The van der Waals surface area contributed by atoms with Crippen LogP contribution >= 0.6 is 0 Å². The van der Waals surface area contributed by atoms with Gasteiger partial charge in [-0.1, -0.05) is 0 Å². The fourth-order valence-corrected chi connectivity index (χ4v) is 1.37. The van der Waals surface area contributed by atoms with Crippen molar-refractivity contribution in [3.63, 3.8) is 0 Å². The summed E-state index contributed by atoms with van der Waals surface area (Å²) in [5.74, 6) is 0.375. The number of aliphatic hydroxyl groups excluding tert-OH is 1. The van der Waals surface area contributed by atoms with E-state index in [0.717, 1.165) is 6.42 Å². The van der Waals surface area contributed by atoms with E-state index >= 15 is 0 Å². The van der Waals surface area contributed by atoms with E-state index in [1.54, 1.807) is 0 Å². The molecule has 2 nitrogen and oxygen atoms in total. The van der Waals surface area contributed by atoms with E-state index in [2.05, 4.69) is 0 Å². The zero-order valence-electron chi connectivity index (χ0n) is 6.00. The van der Waals surface area contributed by atoms with Gasteiger partial charge in [-0.3, -0.25) is 0 Å². The van der Waals surface area contributed by atoms with Crippen LogP contribution < -0.4 is 0 Å². The summed E-state index contributed by atoms with van der Waals surface area (Å²) in [5.41, 5.74) is 0. The Hall–Kier alpha value is -0.0800. The van der Waals surface area contributed by atoms with Crippen molar-refractivity contribution in [3.05, 3.63) is 0 Å². The Kier molecular flexibility index (Phi) is 2.09. The first-order chi connectivity index (χ1) is 4.24. The van der Waals surface area contributed by atoms with Crippen LogP contribution in [0.4, 0.5) is 0 Å². The van der Waals surface area contributed by atoms with Crippen LogP contribution in [0.25, 0.3) is 0 Å². The lowest BCUT2D eigenvalue weighted by atomic mass is 10.0. The van der Waals surface area contributed by atoms with Gasteiger partial charge in [0.05, 0.1) is 12.2 Å². The molecule has 0 bridgehead atoms. The van der Waals surface area contributed by atoms with Crippen LogP contribution in [0.15, 0.2) is 0 Å². The Morgan fingerprint density at radius 3 is 2.44 bits per heavy atom. The second-order valence-electron chi connectivity index (χ2n) is 2.83. The standard InChI is InChI=1S/C7H14O2/c1-5-3-7(4-8)6(2)9-5/h5-8H,3-4H2,1-2H3. The summed E-state index contributed by atoms with van der Waals surface area (Å²) < 4.78 is 5.40. The Bertz CT molecular complexity index is 92.9. The molecule has 1 heterocycles. The molecule has 1 aliphatic heterocycles. The number of ether oxygens (including phenoxy) is 1. The molecule has 1 N–H and O–H groups in total. The molecule has 0 aromatic heterocycles. The average molecular weight is 130 g/mol. The van der Waals surface area contributed by atoms with Crippen LogP contribution in [-0.2, 0) is 4.74 Å². The van der Waals surface area contributed by atoms with Gasteiger partial charge < -0.3 is 9.84 Å². The lowest BCUT2D eigenvalue weighted by Crippen LogP contribution is -2.14. The average Bonchev–Trinajstić information content (AvgIpc) is 2.10. The van der Waals surface area contributed by atoms with Crippen molar-refractivity contribution in [1.82, 2.24) is 0 Å². The molecule has 0 spiro atoms. The summed E-state index contributed by atoms with van der Waals surface area (Å²) >= 11 is 0. The van der Waals surface area contributed by atoms with Crippen LogP contribution in [0.2, 0.25) is 0 Å². The normalized spacial score (nSPS) is 43.7. The monoisotopic (exact) mass is 130 g/mol. The van der Waals surface area contributed by atoms with Gasteiger partial charge in [-0.05, 0) is 20.3 Å². The van der Waals surface area contributed by atoms with Crippen molar-refractivity contribution in [2.24, 2.45) is 5.92 Å². The molecular formula is C7H14O2. The molecular weight excluding hydrogens is 116 g/mol. The van der Waals surface area contributed by atoms with E-state index in [4.69, 9.17) is 9.84 Å². The molecule has 0 saturated carbocycles. The molecule has 1 rings (SSSR count). The van der Waals surface area contributed by atoms with Gasteiger partial charge in [-0.15, -0.1) is 0 Å². The maximum atomic E-state index is 8.77. The molecule has 1 fully saturated rings. The van der Waals surface area contributed by atoms with Gasteiger partial charge >= 0.3 is 0 Å². The quantitative estimate of drug-likeness (QED) is 0.568. The van der Waals surface area contributed by atoms with Crippen molar-refractivity contribution in [2.45, 2.75) is 32.5 Å². The van der Waals surface area contributed by atoms with E-state index in [-0.39, 0.29) is 12.7 Å². The Labute approximate surface area is 55.8 Å².